The van der Waals surface area contributed by atoms with Gasteiger partial charge in [-0.25, -0.2) is 0 Å². The van der Waals surface area contributed by atoms with Crippen molar-refractivity contribution in [2.24, 2.45) is 0 Å². The molecule has 1 aromatic heterocycles. The number of aromatic nitrogens is 1. The molecule has 3 rings (SSSR count). The van der Waals surface area contributed by atoms with Crippen LogP contribution in [0.3, 0.4) is 0 Å². The molecule has 2 amide bonds. The molecule has 0 radical (unpaired) electrons. The minimum absolute atomic E-state index is 0.162. The first-order chi connectivity index (χ1) is 13.0. The monoisotopic (exact) mass is 361 g/mol. The third-order valence-corrected chi connectivity index (χ3v) is 4.29. The highest BCUT2D eigenvalue weighted by Gasteiger charge is 2.15. The molecular formula is C22H23N3O2. The Hall–Kier alpha value is -3.21. The van der Waals surface area contributed by atoms with Crippen molar-refractivity contribution in [3.8, 4) is 0 Å². The molecule has 2 aromatic carbocycles. The van der Waals surface area contributed by atoms with Crippen molar-refractivity contribution in [1.82, 2.24) is 10.3 Å². The molecule has 0 saturated carbocycles. The van der Waals surface area contributed by atoms with Gasteiger partial charge in [0.2, 0.25) is 0 Å². The van der Waals surface area contributed by atoms with Crippen LogP contribution in [0, 0.1) is 0 Å². The number of fused-ring (bicyclic) bond motifs is 1. The Balaban J connectivity index is 1.95. The number of anilines is 1. The Morgan fingerprint density at radius 3 is 2.52 bits per heavy atom. The highest BCUT2D eigenvalue weighted by Crippen LogP contribution is 2.23. The summed E-state index contributed by atoms with van der Waals surface area (Å²) in [4.78, 5) is 29.6. The van der Waals surface area contributed by atoms with E-state index < -0.39 is 0 Å². The zero-order chi connectivity index (χ0) is 19.4. The van der Waals surface area contributed by atoms with E-state index in [1.165, 1.54) is 0 Å². The van der Waals surface area contributed by atoms with Gasteiger partial charge in [0.1, 0.15) is 0 Å². The maximum absolute atomic E-state index is 13.0. The zero-order valence-electron chi connectivity index (χ0n) is 15.7. The van der Waals surface area contributed by atoms with Gasteiger partial charge < -0.3 is 10.6 Å². The number of benzene rings is 2. The van der Waals surface area contributed by atoms with Gasteiger partial charge in [-0.3, -0.25) is 14.6 Å². The smallest absolute Gasteiger partial charge is 0.256 e. The van der Waals surface area contributed by atoms with Crippen molar-refractivity contribution in [3.63, 3.8) is 0 Å². The summed E-state index contributed by atoms with van der Waals surface area (Å²) in [5.74, 6) is -0.171. The van der Waals surface area contributed by atoms with Gasteiger partial charge in [-0.05, 0) is 43.2 Å². The van der Waals surface area contributed by atoms with Gasteiger partial charge in [-0.15, -0.1) is 0 Å². The fourth-order valence-electron chi connectivity index (χ4n) is 2.88. The second kappa shape index (κ2) is 7.99. The topological polar surface area (TPSA) is 71.1 Å². The standard InChI is InChI=1S/C22H23N3O2/c1-4-23-21(26)15-8-7-9-16(12-15)24-22(27)18-13-20(14(2)3)25-19-11-6-5-10-17(18)19/h5-14H,4H2,1-3H3,(H,23,26)(H,24,27). The lowest BCUT2D eigenvalue weighted by Gasteiger charge is -2.12. The number of carbonyl (C=O) groups excluding carboxylic acids is 2. The molecule has 0 spiro atoms. The van der Waals surface area contributed by atoms with Crippen LogP contribution < -0.4 is 10.6 Å². The number of hydrogen-bond acceptors (Lipinski definition) is 3. The van der Waals surface area contributed by atoms with Crippen LogP contribution in [0.2, 0.25) is 0 Å². The number of carbonyl (C=O) groups is 2. The average molecular weight is 361 g/mol. The molecular weight excluding hydrogens is 338 g/mol. The molecule has 5 heteroatoms. The van der Waals surface area contributed by atoms with Gasteiger partial charge in [0.15, 0.2) is 0 Å². The summed E-state index contributed by atoms with van der Waals surface area (Å²) in [5, 5.41) is 6.47. The number of nitrogens with one attached hydrogen (secondary N) is 2. The van der Waals surface area contributed by atoms with E-state index in [0.29, 0.717) is 23.4 Å². The molecule has 5 nitrogen and oxygen atoms in total. The fourth-order valence-corrected chi connectivity index (χ4v) is 2.88. The fraction of sp³-hybridized carbons (Fsp3) is 0.227. The van der Waals surface area contributed by atoms with E-state index in [4.69, 9.17) is 0 Å². The molecule has 0 atom stereocenters. The maximum Gasteiger partial charge on any atom is 0.256 e. The highest BCUT2D eigenvalue weighted by molar-refractivity contribution is 6.12. The molecule has 0 bridgehead atoms. The molecule has 1 heterocycles. The van der Waals surface area contributed by atoms with Gasteiger partial charge in [-0.2, -0.15) is 0 Å². The van der Waals surface area contributed by atoms with Gasteiger partial charge in [0.25, 0.3) is 11.8 Å². The Morgan fingerprint density at radius 1 is 1.00 bits per heavy atom. The first kappa shape index (κ1) is 18.6. The van der Waals surface area contributed by atoms with Crippen LogP contribution in [0.4, 0.5) is 5.69 Å². The van der Waals surface area contributed by atoms with Crippen LogP contribution in [0.15, 0.2) is 54.6 Å². The summed E-state index contributed by atoms with van der Waals surface area (Å²) >= 11 is 0. The number of amides is 2. The molecule has 0 fully saturated rings. The highest BCUT2D eigenvalue weighted by atomic mass is 16.2. The predicted octanol–water partition coefficient (Wildman–Crippen LogP) is 4.36. The van der Waals surface area contributed by atoms with Crippen LogP contribution in [0.5, 0.6) is 0 Å². The van der Waals surface area contributed by atoms with Gasteiger partial charge in [0.05, 0.1) is 11.1 Å². The van der Waals surface area contributed by atoms with Crippen LogP contribution >= 0.6 is 0 Å². The first-order valence-corrected chi connectivity index (χ1v) is 9.09. The van der Waals surface area contributed by atoms with Crippen molar-refractivity contribution in [2.75, 3.05) is 11.9 Å². The molecule has 2 N–H and O–H groups in total. The number of hydrogen-bond donors (Lipinski definition) is 2. The number of pyridine rings is 1. The van der Waals surface area contributed by atoms with Crippen LogP contribution in [-0.2, 0) is 0 Å². The summed E-state index contributed by atoms with van der Waals surface area (Å²) in [7, 11) is 0. The molecule has 0 saturated heterocycles. The third-order valence-electron chi connectivity index (χ3n) is 4.29. The maximum atomic E-state index is 13.0. The summed E-state index contributed by atoms with van der Waals surface area (Å²) < 4.78 is 0. The molecule has 138 valence electrons. The normalized spacial score (nSPS) is 10.8. The number of rotatable bonds is 5. The van der Waals surface area contributed by atoms with Crippen LogP contribution in [0.25, 0.3) is 10.9 Å². The van der Waals surface area contributed by atoms with E-state index >= 15 is 0 Å². The molecule has 0 unspecified atom stereocenters. The van der Waals surface area contributed by atoms with E-state index in [0.717, 1.165) is 16.6 Å². The van der Waals surface area contributed by atoms with Crippen LogP contribution in [0.1, 0.15) is 53.1 Å². The summed E-state index contributed by atoms with van der Waals surface area (Å²) in [6, 6.07) is 16.4. The average Bonchev–Trinajstić information content (AvgIpc) is 2.67. The molecule has 27 heavy (non-hydrogen) atoms. The largest absolute Gasteiger partial charge is 0.352 e. The minimum Gasteiger partial charge on any atom is -0.352 e. The van der Waals surface area contributed by atoms with Gasteiger partial charge in [0, 0.05) is 28.9 Å². The quantitative estimate of drug-likeness (QED) is 0.709. The zero-order valence-corrected chi connectivity index (χ0v) is 15.7. The Labute approximate surface area is 158 Å². The molecule has 0 aliphatic carbocycles. The van der Waals surface area contributed by atoms with Gasteiger partial charge >= 0.3 is 0 Å². The predicted molar refractivity (Wildman–Crippen MR) is 108 cm³/mol. The van der Waals surface area contributed by atoms with Crippen molar-refractivity contribution < 1.29 is 9.59 Å². The van der Waals surface area contributed by atoms with E-state index in [2.05, 4.69) is 29.5 Å². The molecule has 0 aliphatic rings. The van der Waals surface area contributed by atoms with Crippen molar-refractivity contribution in [3.05, 3.63) is 71.4 Å². The first-order valence-electron chi connectivity index (χ1n) is 9.09. The molecule has 3 aromatic rings. The lowest BCUT2D eigenvalue weighted by molar-refractivity contribution is 0.0954. The lowest BCUT2D eigenvalue weighted by atomic mass is 10.0. The van der Waals surface area contributed by atoms with Crippen molar-refractivity contribution in [1.29, 1.82) is 0 Å². The van der Waals surface area contributed by atoms with E-state index in [1.807, 2.05) is 37.3 Å². The lowest BCUT2D eigenvalue weighted by Crippen LogP contribution is -2.22. The third kappa shape index (κ3) is 4.14. The second-order valence-corrected chi connectivity index (χ2v) is 6.66. The summed E-state index contributed by atoms with van der Waals surface area (Å²) in [6.07, 6.45) is 0. The SMILES string of the molecule is CCNC(=O)c1cccc(NC(=O)c2cc(C(C)C)nc3ccccc23)c1. The second-order valence-electron chi connectivity index (χ2n) is 6.66. The van der Waals surface area contributed by atoms with Crippen molar-refractivity contribution in [2.45, 2.75) is 26.7 Å². The number of nitrogens with zero attached hydrogens (tertiary/aromatic N) is 1. The Bertz CT molecular complexity index is 996. The van der Waals surface area contributed by atoms with E-state index in [9.17, 15) is 9.59 Å². The summed E-state index contributed by atoms with van der Waals surface area (Å²) in [6.45, 7) is 6.52. The van der Waals surface area contributed by atoms with E-state index in [1.54, 1.807) is 24.3 Å². The van der Waals surface area contributed by atoms with Crippen LogP contribution in [-0.4, -0.2) is 23.3 Å². The number of para-hydroxylation sites is 1. The summed E-state index contributed by atoms with van der Waals surface area (Å²) in [5.41, 5.74) is 3.33. The van der Waals surface area contributed by atoms with Gasteiger partial charge in [-0.1, -0.05) is 38.1 Å². The Kier molecular flexibility index (Phi) is 5.50. The molecule has 0 aliphatic heterocycles. The van der Waals surface area contributed by atoms with Crippen molar-refractivity contribution >= 4 is 28.4 Å². The van der Waals surface area contributed by atoms with E-state index in [-0.39, 0.29) is 17.7 Å². The minimum atomic E-state index is -0.219. The Morgan fingerprint density at radius 2 is 1.78 bits per heavy atom.